The van der Waals surface area contributed by atoms with Crippen molar-refractivity contribution >= 4 is 29.1 Å². The summed E-state index contributed by atoms with van der Waals surface area (Å²) < 4.78 is 32.1. The maximum Gasteiger partial charge on any atom is 0.338 e. The lowest BCUT2D eigenvalue weighted by Crippen LogP contribution is -2.40. The Morgan fingerprint density at radius 2 is 1.87 bits per heavy atom. The van der Waals surface area contributed by atoms with E-state index in [1.54, 1.807) is 37.3 Å². The summed E-state index contributed by atoms with van der Waals surface area (Å²) >= 11 is 1.21. The van der Waals surface area contributed by atoms with Crippen LogP contribution in [0.1, 0.15) is 29.7 Å². The average molecular weight is 529 g/mol. The van der Waals surface area contributed by atoms with Crippen molar-refractivity contribution in [1.82, 2.24) is 4.57 Å². The number of nitrogens with zero attached hydrogens (tertiary/aromatic N) is 2. The van der Waals surface area contributed by atoms with Gasteiger partial charge in [0.15, 0.2) is 16.3 Å². The molecule has 9 heteroatoms. The molecule has 0 spiro atoms. The Hall–Kier alpha value is -4.50. The number of hydrogen-bond donors (Lipinski definition) is 0. The number of fused-ring (bicyclic) bond motifs is 2. The number of carbonyl (C=O) groups is 1. The van der Waals surface area contributed by atoms with Gasteiger partial charge in [0.05, 0.1) is 28.5 Å². The van der Waals surface area contributed by atoms with Crippen molar-refractivity contribution in [3.8, 4) is 11.5 Å². The molecule has 4 aromatic rings. The summed E-state index contributed by atoms with van der Waals surface area (Å²) in [5, 5.41) is 0. The minimum absolute atomic E-state index is 0.148. The molecule has 0 amide bonds. The van der Waals surface area contributed by atoms with E-state index in [2.05, 4.69) is 0 Å². The minimum atomic E-state index is -0.861. The lowest BCUT2D eigenvalue weighted by atomic mass is 9.93. The fraction of sp³-hybridized carbons (Fsp3) is 0.138. The fourth-order valence-electron chi connectivity index (χ4n) is 4.56. The van der Waals surface area contributed by atoms with Gasteiger partial charge in [-0.25, -0.2) is 14.2 Å². The molecule has 1 aromatic heterocycles. The quantitative estimate of drug-likeness (QED) is 0.368. The smallest absolute Gasteiger partial charge is 0.338 e. The molecule has 3 aromatic carbocycles. The van der Waals surface area contributed by atoms with Crippen LogP contribution in [0.2, 0.25) is 0 Å². The lowest BCUT2D eigenvalue weighted by molar-refractivity contribution is -0.138. The number of ether oxygens (including phenoxy) is 3. The standard InChI is InChI=1S/C29H21FN2O5S/c1-2-35-28(34)24-25(18-6-4-3-5-7-18)31-29-32(26(24)19-9-11-20(30)12-10-19)27(33)23(38-29)15-17-8-13-21-22(14-17)37-16-36-21/h3-15,26H,2,16H2,1H3/b23-15-/t26-/m0/s1. The molecule has 38 heavy (non-hydrogen) atoms. The maximum atomic E-state index is 13.9. The monoisotopic (exact) mass is 528 g/mol. The predicted octanol–water partition coefficient (Wildman–Crippen LogP) is 3.80. The molecular formula is C29H21FN2O5S. The van der Waals surface area contributed by atoms with Crippen LogP contribution >= 0.6 is 11.3 Å². The van der Waals surface area contributed by atoms with Gasteiger partial charge in [-0.2, -0.15) is 0 Å². The van der Waals surface area contributed by atoms with E-state index in [1.807, 2.05) is 36.4 Å². The highest BCUT2D eigenvalue weighted by molar-refractivity contribution is 7.07. The zero-order chi connectivity index (χ0) is 26.2. The topological polar surface area (TPSA) is 79.1 Å². The van der Waals surface area contributed by atoms with Crippen LogP contribution in [0.4, 0.5) is 4.39 Å². The number of aromatic nitrogens is 1. The first-order chi connectivity index (χ1) is 18.5. The number of benzene rings is 3. The summed E-state index contributed by atoms with van der Waals surface area (Å²) in [7, 11) is 0. The summed E-state index contributed by atoms with van der Waals surface area (Å²) in [4.78, 5) is 32.5. The maximum absolute atomic E-state index is 13.9. The molecule has 0 N–H and O–H groups in total. The highest BCUT2D eigenvalue weighted by atomic mass is 32.1. The van der Waals surface area contributed by atoms with Crippen LogP contribution in [0.3, 0.4) is 0 Å². The van der Waals surface area contributed by atoms with Crippen LogP contribution in [0.25, 0.3) is 11.8 Å². The van der Waals surface area contributed by atoms with Crippen LogP contribution < -0.4 is 24.4 Å². The molecule has 0 saturated heterocycles. The normalized spacial score (nSPS) is 16.3. The zero-order valence-electron chi connectivity index (χ0n) is 20.2. The third kappa shape index (κ3) is 4.20. The van der Waals surface area contributed by atoms with E-state index in [1.165, 1.54) is 28.0 Å². The Morgan fingerprint density at radius 3 is 2.63 bits per heavy atom. The van der Waals surface area contributed by atoms with Gasteiger partial charge in [-0.15, -0.1) is 0 Å². The molecule has 0 bridgehead atoms. The van der Waals surface area contributed by atoms with Crippen molar-refractivity contribution in [3.63, 3.8) is 0 Å². The van der Waals surface area contributed by atoms with E-state index in [-0.39, 0.29) is 24.5 Å². The Bertz CT molecular complexity index is 1760. The zero-order valence-corrected chi connectivity index (χ0v) is 21.0. The van der Waals surface area contributed by atoms with E-state index in [0.29, 0.717) is 37.7 Å². The summed E-state index contributed by atoms with van der Waals surface area (Å²) in [5.41, 5.74) is 2.32. The van der Waals surface area contributed by atoms with E-state index in [0.717, 1.165) is 5.56 Å². The Labute approximate surface area is 220 Å². The first-order valence-corrected chi connectivity index (χ1v) is 12.8. The average Bonchev–Trinajstić information content (AvgIpc) is 3.52. The Morgan fingerprint density at radius 1 is 1.11 bits per heavy atom. The second-order valence-corrected chi connectivity index (χ2v) is 9.60. The molecule has 0 radical (unpaired) electrons. The second-order valence-electron chi connectivity index (χ2n) is 8.60. The number of carbonyl (C=O) groups excluding carboxylic acids is 1. The molecule has 0 fully saturated rings. The molecule has 0 unspecified atom stereocenters. The van der Waals surface area contributed by atoms with Crippen molar-refractivity contribution in [2.75, 3.05) is 13.4 Å². The first-order valence-electron chi connectivity index (χ1n) is 12.0. The summed E-state index contributed by atoms with van der Waals surface area (Å²) in [6.45, 7) is 2.01. The van der Waals surface area contributed by atoms with Gasteiger partial charge in [0, 0.05) is 5.56 Å². The molecule has 0 saturated carbocycles. The Balaban J connectivity index is 1.61. The third-order valence-electron chi connectivity index (χ3n) is 6.25. The summed E-state index contributed by atoms with van der Waals surface area (Å²) in [6.07, 6.45) is 1.75. The van der Waals surface area contributed by atoms with Gasteiger partial charge in [0.25, 0.3) is 5.56 Å². The van der Waals surface area contributed by atoms with Crippen molar-refractivity contribution in [3.05, 3.63) is 121 Å². The van der Waals surface area contributed by atoms with Gasteiger partial charge in [-0.3, -0.25) is 9.36 Å². The first kappa shape index (κ1) is 23.9. The highest BCUT2D eigenvalue weighted by Crippen LogP contribution is 2.35. The van der Waals surface area contributed by atoms with Crippen LogP contribution in [0.5, 0.6) is 11.5 Å². The Kier molecular flexibility index (Phi) is 6.13. The van der Waals surface area contributed by atoms with Crippen LogP contribution in [0.15, 0.2) is 88.2 Å². The molecule has 190 valence electrons. The number of thiazole rings is 1. The van der Waals surface area contributed by atoms with Gasteiger partial charge in [0.2, 0.25) is 6.79 Å². The van der Waals surface area contributed by atoms with Gasteiger partial charge in [-0.05, 0) is 48.4 Å². The van der Waals surface area contributed by atoms with Gasteiger partial charge < -0.3 is 14.2 Å². The molecule has 2 aliphatic heterocycles. The van der Waals surface area contributed by atoms with Crippen molar-refractivity contribution in [2.45, 2.75) is 13.0 Å². The van der Waals surface area contributed by atoms with Crippen molar-refractivity contribution in [2.24, 2.45) is 4.99 Å². The van der Waals surface area contributed by atoms with E-state index < -0.39 is 17.8 Å². The second kappa shape index (κ2) is 9.75. The summed E-state index contributed by atoms with van der Waals surface area (Å²) in [5.74, 6) is 0.238. The molecule has 7 nitrogen and oxygen atoms in total. The van der Waals surface area contributed by atoms with Gasteiger partial charge in [-0.1, -0.05) is 59.9 Å². The van der Waals surface area contributed by atoms with Crippen LogP contribution in [0, 0.1) is 5.82 Å². The molecule has 2 aliphatic rings. The number of hydrogen-bond acceptors (Lipinski definition) is 7. The van der Waals surface area contributed by atoms with E-state index in [4.69, 9.17) is 19.2 Å². The largest absolute Gasteiger partial charge is 0.463 e. The van der Waals surface area contributed by atoms with Crippen LogP contribution in [-0.4, -0.2) is 23.9 Å². The predicted molar refractivity (Wildman–Crippen MR) is 140 cm³/mol. The molecule has 1 atom stereocenters. The molecule has 3 heterocycles. The van der Waals surface area contributed by atoms with Crippen molar-refractivity contribution < 1.29 is 23.4 Å². The summed E-state index contributed by atoms with van der Waals surface area (Å²) in [6, 6.07) is 19.6. The SMILES string of the molecule is CCOC(=O)C1=C(c2ccccc2)N=c2s/c(=C\c3ccc4c(c3)OCO4)c(=O)n2[C@H]1c1ccc(F)cc1. The van der Waals surface area contributed by atoms with Gasteiger partial charge in [0.1, 0.15) is 5.82 Å². The highest BCUT2D eigenvalue weighted by Gasteiger charge is 2.35. The lowest BCUT2D eigenvalue weighted by Gasteiger charge is -2.25. The van der Waals surface area contributed by atoms with Crippen molar-refractivity contribution in [1.29, 1.82) is 0 Å². The van der Waals surface area contributed by atoms with E-state index in [9.17, 15) is 14.0 Å². The molecule has 0 aliphatic carbocycles. The van der Waals surface area contributed by atoms with Gasteiger partial charge >= 0.3 is 5.97 Å². The number of halogens is 1. The fourth-order valence-corrected chi connectivity index (χ4v) is 5.56. The minimum Gasteiger partial charge on any atom is -0.463 e. The van der Waals surface area contributed by atoms with E-state index >= 15 is 0 Å². The molecular weight excluding hydrogens is 507 g/mol. The third-order valence-corrected chi connectivity index (χ3v) is 7.24. The molecule has 6 rings (SSSR count). The number of esters is 1. The number of rotatable bonds is 5. The van der Waals surface area contributed by atoms with Crippen LogP contribution in [-0.2, 0) is 9.53 Å².